The maximum atomic E-state index is 11.6. The number of nitrogens with zero attached hydrogens (tertiary/aromatic N) is 2. The minimum atomic E-state index is -0.202. The van der Waals surface area contributed by atoms with E-state index in [0.717, 1.165) is 11.5 Å². The lowest BCUT2D eigenvalue weighted by Gasteiger charge is -1.90. The molecule has 66 valence electrons. The summed E-state index contributed by atoms with van der Waals surface area (Å²) in [5.41, 5.74) is 0. The van der Waals surface area contributed by atoms with Gasteiger partial charge in [-0.05, 0) is 33.5 Å². The van der Waals surface area contributed by atoms with E-state index in [2.05, 4.69) is 25.5 Å². The van der Waals surface area contributed by atoms with Crippen molar-refractivity contribution in [2.45, 2.75) is 0 Å². The van der Waals surface area contributed by atoms with E-state index >= 15 is 0 Å². The van der Waals surface area contributed by atoms with Crippen LogP contribution in [0.15, 0.2) is 27.4 Å². The van der Waals surface area contributed by atoms with Gasteiger partial charge in [-0.25, -0.2) is 0 Å². The number of hydrogen-bond acceptors (Lipinski definition) is 5. The van der Waals surface area contributed by atoms with Crippen molar-refractivity contribution in [3.8, 4) is 0 Å². The normalized spacial score (nSPS) is 10.2. The molecule has 6 heteroatoms. The predicted octanol–water partition coefficient (Wildman–Crippen LogP) is 2.12. The van der Waals surface area contributed by atoms with Crippen LogP contribution in [0, 0.1) is 0 Å². The molecule has 0 aromatic carbocycles. The van der Waals surface area contributed by atoms with Gasteiger partial charge in [-0.2, -0.15) is 0 Å². The first-order valence-corrected chi connectivity index (χ1v) is 4.90. The second-order valence-corrected chi connectivity index (χ2v) is 3.85. The van der Waals surface area contributed by atoms with Crippen molar-refractivity contribution in [3.63, 3.8) is 0 Å². The fourth-order valence-electron chi connectivity index (χ4n) is 0.835. The monoisotopic (exact) mass is 258 g/mol. The van der Waals surface area contributed by atoms with Crippen molar-refractivity contribution in [1.82, 2.24) is 9.59 Å². The van der Waals surface area contributed by atoms with Gasteiger partial charge < -0.3 is 4.42 Å². The van der Waals surface area contributed by atoms with Gasteiger partial charge in [-0.3, -0.25) is 4.79 Å². The van der Waals surface area contributed by atoms with Gasteiger partial charge in [0.25, 0.3) is 0 Å². The van der Waals surface area contributed by atoms with E-state index in [4.69, 9.17) is 4.42 Å². The van der Waals surface area contributed by atoms with Crippen LogP contribution in [-0.2, 0) is 0 Å². The number of hydrogen-bond donors (Lipinski definition) is 0. The molecule has 2 heterocycles. The fourth-order valence-corrected chi connectivity index (χ4v) is 1.67. The second kappa shape index (κ2) is 3.39. The number of carbonyl (C=O) groups is 1. The zero-order valence-electron chi connectivity index (χ0n) is 6.23. The molecule has 0 saturated heterocycles. The molecule has 0 aliphatic heterocycles. The third-order valence-corrected chi connectivity index (χ3v) is 2.70. The predicted molar refractivity (Wildman–Crippen MR) is 49.7 cm³/mol. The molecule has 2 rings (SSSR count). The zero-order chi connectivity index (χ0) is 9.26. The topological polar surface area (TPSA) is 56.0 Å². The van der Waals surface area contributed by atoms with Crippen LogP contribution in [0.4, 0.5) is 0 Å². The van der Waals surface area contributed by atoms with E-state index in [9.17, 15) is 4.79 Å². The number of rotatable bonds is 2. The highest BCUT2D eigenvalue weighted by molar-refractivity contribution is 9.10. The first-order valence-electron chi connectivity index (χ1n) is 3.34. The summed E-state index contributed by atoms with van der Waals surface area (Å²) in [6, 6.07) is 1.67. The Labute approximate surface area is 85.9 Å². The summed E-state index contributed by atoms with van der Waals surface area (Å²) in [6.07, 6.45) is 2.87. The number of aromatic nitrogens is 2. The summed E-state index contributed by atoms with van der Waals surface area (Å²) < 4.78 is 9.25. The molecule has 0 N–H and O–H groups in total. The zero-order valence-corrected chi connectivity index (χ0v) is 8.63. The Hall–Kier alpha value is -1.01. The molecule has 0 spiro atoms. The van der Waals surface area contributed by atoms with Crippen molar-refractivity contribution >= 4 is 33.2 Å². The van der Waals surface area contributed by atoms with Crippen LogP contribution < -0.4 is 0 Å². The van der Waals surface area contributed by atoms with Gasteiger partial charge in [0.05, 0.1) is 16.9 Å². The van der Waals surface area contributed by atoms with Gasteiger partial charge in [0.1, 0.15) is 4.88 Å². The summed E-state index contributed by atoms with van der Waals surface area (Å²) in [6.45, 7) is 0. The first-order chi connectivity index (χ1) is 6.29. The minimum Gasteiger partial charge on any atom is -0.460 e. The van der Waals surface area contributed by atoms with Crippen LogP contribution in [0.3, 0.4) is 0 Å². The van der Waals surface area contributed by atoms with Gasteiger partial charge in [-0.15, -0.1) is 5.10 Å². The lowest BCUT2D eigenvalue weighted by molar-refractivity contribution is 0.101. The first kappa shape index (κ1) is 8.58. The number of halogens is 1. The fraction of sp³-hybridized carbons (Fsp3) is 0. The van der Waals surface area contributed by atoms with Crippen LogP contribution in [0.2, 0.25) is 0 Å². The molecule has 0 aliphatic carbocycles. The Morgan fingerprint density at radius 3 is 3.00 bits per heavy atom. The van der Waals surface area contributed by atoms with Gasteiger partial charge in [-0.1, -0.05) is 4.49 Å². The highest BCUT2D eigenvalue weighted by Crippen LogP contribution is 2.21. The highest BCUT2D eigenvalue weighted by Gasteiger charge is 2.17. The van der Waals surface area contributed by atoms with E-state index in [1.807, 2.05) is 0 Å². The molecular formula is C7H3BrN2O2S. The van der Waals surface area contributed by atoms with Gasteiger partial charge >= 0.3 is 0 Å². The summed E-state index contributed by atoms with van der Waals surface area (Å²) in [5.74, 6) is 0.0814. The summed E-state index contributed by atoms with van der Waals surface area (Å²) in [5, 5.41) is 3.57. The maximum absolute atomic E-state index is 11.6. The van der Waals surface area contributed by atoms with Crippen molar-refractivity contribution in [2.24, 2.45) is 0 Å². The van der Waals surface area contributed by atoms with Gasteiger partial charge in [0.2, 0.25) is 5.78 Å². The van der Waals surface area contributed by atoms with E-state index in [1.54, 1.807) is 6.07 Å². The Morgan fingerprint density at radius 2 is 2.46 bits per heavy atom. The summed E-state index contributed by atoms with van der Waals surface area (Å²) in [7, 11) is 0. The molecule has 13 heavy (non-hydrogen) atoms. The Balaban J connectivity index is 2.39. The smallest absolute Gasteiger partial charge is 0.242 e. The van der Waals surface area contributed by atoms with Crippen LogP contribution in [0.5, 0.6) is 0 Å². The molecule has 0 bridgehead atoms. The van der Waals surface area contributed by atoms with Gasteiger partial charge in [0, 0.05) is 0 Å². The lowest BCUT2D eigenvalue weighted by Crippen LogP contribution is -1.96. The second-order valence-electron chi connectivity index (χ2n) is 2.21. The summed E-state index contributed by atoms with van der Waals surface area (Å²) >= 11 is 4.25. The van der Waals surface area contributed by atoms with Crippen LogP contribution in [-0.4, -0.2) is 15.4 Å². The third-order valence-electron chi connectivity index (χ3n) is 1.41. The van der Waals surface area contributed by atoms with Crippen molar-refractivity contribution in [3.05, 3.63) is 33.6 Å². The van der Waals surface area contributed by atoms with Gasteiger partial charge in [0.15, 0.2) is 5.76 Å². The molecule has 2 aromatic heterocycles. The maximum Gasteiger partial charge on any atom is 0.242 e. The van der Waals surface area contributed by atoms with Crippen molar-refractivity contribution < 1.29 is 9.21 Å². The van der Waals surface area contributed by atoms with E-state index < -0.39 is 0 Å². The van der Waals surface area contributed by atoms with E-state index in [-0.39, 0.29) is 11.5 Å². The van der Waals surface area contributed by atoms with Crippen molar-refractivity contribution in [1.29, 1.82) is 0 Å². The highest BCUT2D eigenvalue weighted by atomic mass is 79.9. The SMILES string of the molecule is O=C(c1cnns1)c1occc1Br. The lowest BCUT2D eigenvalue weighted by atomic mass is 10.3. The molecule has 0 unspecified atom stereocenters. The van der Waals surface area contributed by atoms with Crippen molar-refractivity contribution in [2.75, 3.05) is 0 Å². The van der Waals surface area contributed by atoms with Crippen LogP contribution in [0.1, 0.15) is 15.4 Å². The average Bonchev–Trinajstić information content (AvgIpc) is 2.72. The van der Waals surface area contributed by atoms with Crippen LogP contribution >= 0.6 is 27.5 Å². The summed E-state index contributed by atoms with van der Waals surface area (Å²) in [4.78, 5) is 12.1. The number of ketones is 1. The molecule has 0 amide bonds. The van der Waals surface area contributed by atoms with Crippen LogP contribution in [0.25, 0.3) is 0 Å². The number of carbonyl (C=O) groups excluding carboxylic acids is 1. The molecule has 0 saturated carbocycles. The molecule has 4 nitrogen and oxygen atoms in total. The molecular weight excluding hydrogens is 256 g/mol. The van der Waals surface area contributed by atoms with E-state index in [0.29, 0.717) is 9.35 Å². The molecule has 0 fully saturated rings. The minimum absolute atomic E-state index is 0.202. The Bertz CT molecular complexity index is 423. The molecule has 0 radical (unpaired) electrons. The molecule has 0 aliphatic rings. The third kappa shape index (κ3) is 1.54. The average molecular weight is 259 g/mol. The Kier molecular flexibility index (Phi) is 2.24. The van der Waals surface area contributed by atoms with E-state index in [1.165, 1.54) is 12.5 Å². The number of furan rings is 1. The molecule has 0 atom stereocenters. The Morgan fingerprint density at radius 1 is 1.62 bits per heavy atom. The standard InChI is InChI=1S/C7H3BrN2O2S/c8-4-1-2-12-7(4)6(11)5-3-9-10-13-5/h1-3H. The largest absolute Gasteiger partial charge is 0.460 e. The molecule has 2 aromatic rings. The quantitative estimate of drug-likeness (QED) is 0.775.